The molecule has 1 heterocycles. The number of nitrogens with one attached hydrogen (secondary N) is 1. The Morgan fingerprint density at radius 3 is 2.67 bits per heavy atom. The number of hydrogen-bond acceptors (Lipinski definition) is 7. The summed E-state index contributed by atoms with van der Waals surface area (Å²) in [7, 11) is 1.21. The molecular formula is C14H8Cl2N4O3S. The van der Waals surface area contributed by atoms with E-state index in [0.29, 0.717) is 11.1 Å². The zero-order valence-corrected chi connectivity index (χ0v) is 14.4. The summed E-state index contributed by atoms with van der Waals surface area (Å²) < 4.78 is 4.45. The Morgan fingerprint density at radius 2 is 2.08 bits per heavy atom. The number of hydrogen-bond donors (Lipinski definition) is 1. The predicted octanol–water partition coefficient (Wildman–Crippen LogP) is 2.47. The van der Waals surface area contributed by atoms with Crippen LogP contribution in [-0.2, 0) is 14.3 Å². The molecule has 1 saturated heterocycles. The topological polar surface area (TPSA) is 104 Å². The average molecular weight is 383 g/mol. The highest BCUT2D eigenvalue weighted by Crippen LogP contribution is 2.26. The maximum atomic E-state index is 11.6. The van der Waals surface area contributed by atoms with Crippen LogP contribution in [-0.4, -0.2) is 30.4 Å². The third-order valence-electron chi connectivity index (χ3n) is 2.64. The minimum Gasteiger partial charge on any atom is -0.466 e. The fraction of sp³-hybridized carbons (Fsp3) is 0.0714. The minimum atomic E-state index is -0.645. The maximum absolute atomic E-state index is 11.6. The number of nitrogens with zero attached hydrogens (tertiary/aromatic N) is 3. The van der Waals surface area contributed by atoms with E-state index in [0.717, 1.165) is 17.8 Å². The van der Waals surface area contributed by atoms with Crippen LogP contribution in [0.25, 0.3) is 0 Å². The van der Waals surface area contributed by atoms with Crippen LogP contribution in [0.1, 0.15) is 11.1 Å². The van der Waals surface area contributed by atoms with Gasteiger partial charge in [-0.1, -0.05) is 23.2 Å². The average Bonchev–Trinajstić information content (AvgIpc) is 2.89. The summed E-state index contributed by atoms with van der Waals surface area (Å²) in [5, 5.41) is 19.6. The fourth-order valence-electron chi connectivity index (χ4n) is 1.55. The predicted molar refractivity (Wildman–Crippen MR) is 92.0 cm³/mol. The van der Waals surface area contributed by atoms with Crippen LogP contribution in [0.4, 0.5) is 0 Å². The van der Waals surface area contributed by atoms with E-state index in [1.165, 1.54) is 25.5 Å². The van der Waals surface area contributed by atoms with Gasteiger partial charge >= 0.3 is 5.97 Å². The van der Waals surface area contributed by atoms with Gasteiger partial charge in [0.1, 0.15) is 0 Å². The second kappa shape index (κ2) is 7.97. The molecule has 1 amide bonds. The summed E-state index contributed by atoms with van der Waals surface area (Å²) in [6.07, 6.45) is 2.36. The van der Waals surface area contributed by atoms with Crippen molar-refractivity contribution in [2.24, 2.45) is 10.2 Å². The third-order valence-corrected chi connectivity index (χ3v) is 4.17. The van der Waals surface area contributed by atoms with E-state index in [4.69, 9.17) is 28.5 Å². The highest BCUT2D eigenvalue weighted by atomic mass is 35.5. The lowest BCUT2D eigenvalue weighted by Gasteiger charge is -2.01. The van der Waals surface area contributed by atoms with Gasteiger partial charge in [0.05, 0.1) is 39.9 Å². The number of rotatable bonds is 3. The largest absolute Gasteiger partial charge is 0.466 e. The van der Waals surface area contributed by atoms with Crippen LogP contribution in [0.3, 0.4) is 0 Å². The van der Waals surface area contributed by atoms with Crippen molar-refractivity contribution in [1.29, 1.82) is 5.26 Å². The van der Waals surface area contributed by atoms with E-state index in [9.17, 15) is 9.59 Å². The van der Waals surface area contributed by atoms with Crippen molar-refractivity contribution >= 4 is 58.2 Å². The Kier molecular flexibility index (Phi) is 5.98. The van der Waals surface area contributed by atoms with E-state index in [2.05, 4.69) is 20.3 Å². The lowest BCUT2D eigenvalue weighted by molar-refractivity contribution is -0.135. The molecular weight excluding hydrogens is 375 g/mol. The standard InChI is InChI=1S/C14H8Cl2N4O3S/c1-23-12(21)4-11-13(22)19-14(24-11)20-18-6-8-9(15)2-7(5-17)3-10(8)16/h2-4,6H,1H3,(H,19,20,22)/b11-4+,18-6?. The number of amides is 1. The number of esters is 1. The number of carbonyl (C=O) groups is 2. The van der Waals surface area contributed by atoms with E-state index in [1.807, 2.05) is 6.07 Å². The van der Waals surface area contributed by atoms with Gasteiger partial charge in [-0.2, -0.15) is 10.4 Å². The van der Waals surface area contributed by atoms with Gasteiger partial charge in [-0.25, -0.2) is 4.79 Å². The summed E-state index contributed by atoms with van der Waals surface area (Å²) in [5.41, 5.74) is 0.714. The van der Waals surface area contributed by atoms with Gasteiger partial charge in [0.25, 0.3) is 5.91 Å². The molecule has 1 fully saturated rings. The Balaban J connectivity index is 2.16. The number of nitriles is 1. The highest BCUT2D eigenvalue weighted by molar-refractivity contribution is 8.18. The van der Waals surface area contributed by atoms with Crippen LogP contribution in [0.5, 0.6) is 0 Å². The Labute approximate surface area is 151 Å². The molecule has 0 aromatic heterocycles. The van der Waals surface area contributed by atoms with E-state index in [-0.39, 0.29) is 20.1 Å². The van der Waals surface area contributed by atoms with E-state index in [1.54, 1.807) is 0 Å². The maximum Gasteiger partial charge on any atom is 0.331 e. The first-order chi connectivity index (χ1) is 11.4. The highest BCUT2D eigenvalue weighted by Gasteiger charge is 2.25. The summed E-state index contributed by atoms with van der Waals surface area (Å²) in [6.45, 7) is 0. The Morgan fingerprint density at radius 1 is 1.42 bits per heavy atom. The van der Waals surface area contributed by atoms with Gasteiger partial charge in [0, 0.05) is 11.6 Å². The number of thioether (sulfide) groups is 1. The second-order valence-corrected chi connectivity index (χ2v) is 6.05. The molecule has 0 unspecified atom stereocenters. The molecule has 0 saturated carbocycles. The van der Waals surface area contributed by atoms with Gasteiger partial charge < -0.3 is 4.74 Å². The molecule has 1 aliphatic heterocycles. The molecule has 0 bridgehead atoms. The van der Waals surface area contributed by atoms with Crippen molar-refractivity contribution in [2.45, 2.75) is 0 Å². The molecule has 0 spiro atoms. The van der Waals surface area contributed by atoms with Gasteiger partial charge in [-0.3, -0.25) is 10.1 Å². The zero-order chi connectivity index (χ0) is 17.7. The lowest BCUT2D eigenvalue weighted by atomic mass is 10.1. The van der Waals surface area contributed by atoms with Crippen LogP contribution in [0, 0.1) is 11.3 Å². The minimum absolute atomic E-state index is 0.144. The lowest BCUT2D eigenvalue weighted by Crippen LogP contribution is -2.19. The summed E-state index contributed by atoms with van der Waals surface area (Å²) in [5.74, 6) is -1.12. The van der Waals surface area contributed by atoms with Crippen molar-refractivity contribution in [3.63, 3.8) is 0 Å². The zero-order valence-electron chi connectivity index (χ0n) is 12.0. The number of methoxy groups -OCH3 is 1. The van der Waals surface area contributed by atoms with Crippen LogP contribution < -0.4 is 5.32 Å². The van der Waals surface area contributed by atoms with Crippen molar-refractivity contribution < 1.29 is 14.3 Å². The fourth-order valence-corrected chi connectivity index (χ4v) is 2.88. The first-order valence-corrected chi connectivity index (χ1v) is 7.81. The Hall–Kier alpha value is -2.34. The van der Waals surface area contributed by atoms with Crippen molar-refractivity contribution in [2.75, 3.05) is 7.11 Å². The third kappa shape index (κ3) is 4.35. The molecule has 0 atom stereocenters. The van der Waals surface area contributed by atoms with Crippen molar-refractivity contribution in [1.82, 2.24) is 5.32 Å². The molecule has 0 radical (unpaired) electrons. The van der Waals surface area contributed by atoms with E-state index < -0.39 is 11.9 Å². The summed E-state index contributed by atoms with van der Waals surface area (Å²) in [4.78, 5) is 22.9. The van der Waals surface area contributed by atoms with Crippen molar-refractivity contribution in [3.8, 4) is 6.07 Å². The molecule has 2 rings (SSSR count). The molecule has 1 N–H and O–H groups in total. The number of amidine groups is 1. The second-order valence-electron chi connectivity index (χ2n) is 4.20. The number of carbonyl (C=O) groups excluding carboxylic acids is 2. The SMILES string of the molecule is COC(=O)/C=C1/S/C(=N\N=Cc2c(Cl)cc(C#N)cc2Cl)NC1=O. The molecule has 10 heteroatoms. The normalized spacial score (nSPS) is 17.3. The molecule has 24 heavy (non-hydrogen) atoms. The monoisotopic (exact) mass is 382 g/mol. The summed E-state index contributed by atoms with van der Waals surface area (Å²) >= 11 is 13.0. The molecule has 7 nitrogen and oxygen atoms in total. The quantitative estimate of drug-likeness (QED) is 0.374. The van der Waals surface area contributed by atoms with E-state index >= 15 is 0 Å². The van der Waals surface area contributed by atoms with Crippen molar-refractivity contribution in [3.05, 3.63) is 44.3 Å². The summed E-state index contributed by atoms with van der Waals surface area (Å²) in [6, 6.07) is 4.83. The molecule has 1 aliphatic rings. The molecule has 1 aromatic carbocycles. The smallest absolute Gasteiger partial charge is 0.331 e. The Bertz CT molecular complexity index is 820. The van der Waals surface area contributed by atoms with Crippen LogP contribution >= 0.6 is 35.0 Å². The number of halogens is 2. The number of ether oxygens (including phenoxy) is 1. The first-order valence-electron chi connectivity index (χ1n) is 6.23. The molecule has 1 aromatic rings. The van der Waals surface area contributed by atoms with Gasteiger partial charge in [0.2, 0.25) is 0 Å². The van der Waals surface area contributed by atoms with Gasteiger partial charge in [0.15, 0.2) is 5.17 Å². The molecule has 0 aliphatic carbocycles. The molecule has 122 valence electrons. The van der Waals surface area contributed by atoms with Gasteiger partial charge in [-0.05, 0) is 23.9 Å². The first kappa shape index (κ1) is 18.0. The van der Waals surface area contributed by atoms with Gasteiger partial charge in [-0.15, -0.1) is 5.10 Å². The van der Waals surface area contributed by atoms with Crippen LogP contribution in [0.15, 0.2) is 33.3 Å². The number of benzene rings is 1. The van der Waals surface area contributed by atoms with Crippen LogP contribution in [0.2, 0.25) is 10.0 Å².